The zero-order valence-electron chi connectivity index (χ0n) is 18.9. The first-order valence-electron chi connectivity index (χ1n) is 11.4. The normalized spacial score (nSPS) is 24.5. The predicted octanol–water partition coefficient (Wildman–Crippen LogP) is 2.61. The van der Waals surface area contributed by atoms with Crippen molar-refractivity contribution in [3.8, 4) is 0 Å². The number of imide groups is 1. The predicted molar refractivity (Wildman–Crippen MR) is 118 cm³/mol. The maximum absolute atomic E-state index is 13.5. The summed E-state index contributed by atoms with van der Waals surface area (Å²) in [6, 6.07) is 9.78. The molecule has 0 aromatic heterocycles. The van der Waals surface area contributed by atoms with Gasteiger partial charge >= 0.3 is 6.03 Å². The molecule has 3 fully saturated rings. The first kappa shape index (κ1) is 21.8. The summed E-state index contributed by atoms with van der Waals surface area (Å²) in [5.74, 6) is -0.0277. The molecule has 7 heteroatoms. The van der Waals surface area contributed by atoms with E-state index in [-0.39, 0.29) is 23.9 Å². The standard InChI is InChI=1S/C24H34N4O3/c1-23(2,3)20(29)27-13-7-10-19(17-27)28-21(30)24(25-22(28)31)11-14-26(15-12-24)16-18-8-5-4-6-9-18/h4-6,8-9,19H,7,10-17H2,1-3H3,(H,25,31)/t19-/m1/s1. The van der Waals surface area contributed by atoms with E-state index in [1.54, 1.807) is 0 Å². The first-order chi connectivity index (χ1) is 14.7. The smallest absolute Gasteiger partial charge is 0.325 e. The number of carbonyl (C=O) groups is 3. The maximum atomic E-state index is 13.5. The van der Waals surface area contributed by atoms with Crippen molar-refractivity contribution >= 4 is 17.8 Å². The van der Waals surface area contributed by atoms with Crippen LogP contribution in [-0.4, -0.2) is 70.3 Å². The Hall–Kier alpha value is -2.41. The molecule has 31 heavy (non-hydrogen) atoms. The third kappa shape index (κ3) is 4.33. The molecule has 3 saturated heterocycles. The van der Waals surface area contributed by atoms with Gasteiger partial charge in [0.2, 0.25) is 5.91 Å². The molecule has 0 radical (unpaired) electrons. The number of rotatable bonds is 3. The zero-order chi connectivity index (χ0) is 22.2. The molecule has 168 valence electrons. The number of urea groups is 1. The van der Waals surface area contributed by atoms with Crippen molar-refractivity contribution in [2.24, 2.45) is 5.41 Å². The molecule has 4 rings (SSSR count). The molecule has 1 spiro atoms. The Morgan fingerprint density at radius 3 is 2.42 bits per heavy atom. The van der Waals surface area contributed by atoms with Crippen LogP contribution in [-0.2, 0) is 16.1 Å². The molecule has 3 aliphatic heterocycles. The van der Waals surface area contributed by atoms with Crippen molar-refractivity contribution in [3.05, 3.63) is 35.9 Å². The van der Waals surface area contributed by atoms with Crippen molar-refractivity contribution in [2.45, 2.75) is 64.6 Å². The Labute approximate surface area is 184 Å². The SMILES string of the molecule is CC(C)(C)C(=O)N1CCC[C@@H](N2C(=O)NC3(CCN(Cc4ccccc4)CC3)C2=O)C1. The molecule has 0 saturated carbocycles. The van der Waals surface area contributed by atoms with Gasteiger partial charge < -0.3 is 10.2 Å². The van der Waals surface area contributed by atoms with Crippen molar-refractivity contribution in [2.75, 3.05) is 26.2 Å². The fourth-order valence-corrected chi connectivity index (χ4v) is 5.07. The molecule has 1 atom stereocenters. The van der Waals surface area contributed by atoms with Crippen molar-refractivity contribution in [3.63, 3.8) is 0 Å². The summed E-state index contributed by atoms with van der Waals surface area (Å²) in [5, 5.41) is 3.03. The average Bonchev–Trinajstić information content (AvgIpc) is 2.99. The van der Waals surface area contributed by atoms with Gasteiger partial charge in [0, 0.05) is 38.1 Å². The van der Waals surface area contributed by atoms with Crippen LogP contribution in [0.15, 0.2) is 30.3 Å². The van der Waals surface area contributed by atoms with E-state index in [2.05, 4.69) is 22.3 Å². The topological polar surface area (TPSA) is 73.0 Å². The highest BCUT2D eigenvalue weighted by Crippen LogP contribution is 2.33. The third-order valence-electron chi connectivity index (χ3n) is 6.84. The summed E-state index contributed by atoms with van der Waals surface area (Å²) < 4.78 is 0. The van der Waals surface area contributed by atoms with Gasteiger partial charge in [-0.3, -0.25) is 19.4 Å². The van der Waals surface area contributed by atoms with Crippen LogP contribution in [0, 0.1) is 5.41 Å². The maximum Gasteiger partial charge on any atom is 0.325 e. The van der Waals surface area contributed by atoms with E-state index in [0.717, 1.165) is 32.5 Å². The number of nitrogens with one attached hydrogen (secondary N) is 1. The number of hydrogen-bond acceptors (Lipinski definition) is 4. The van der Waals surface area contributed by atoms with E-state index in [9.17, 15) is 14.4 Å². The number of carbonyl (C=O) groups excluding carboxylic acids is 3. The second-order valence-electron chi connectivity index (χ2n) is 10.2. The fraction of sp³-hybridized carbons (Fsp3) is 0.625. The summed E-state index contributed by atoms with van der Waals surface area (Å²) in [7, 11) is 0. The van der Waals surface area contributed by atoms with E-state index >= 15 is 0 Å². The van der Waals surface area contributed by atoms with Crippen molar-refractivity contribution < 1.29 is 14.4 Å². The molecule has 0 aliphatic carbocycles. The van der Waals surface area contributed by atoms with E-state index in [1.165, 1.54) is 10.5 Å². The van der Waals surface area contributed by atoms with Gasteiger partial charge in [0.25, 0.3) is 5.91 Å². The van der Waals surface area contributed by atoms with Gasteiger partial charge in [0.15, 0.2) is 0 Å². The molecule has 4 amide bonds. The lowest BCUT2D eigenvalue weighted by atomic mass is 9.86. The van der Waals surface area contributed by atoms with Gasteiger partial charge in [-0.25, -0.2) is 4.79 Å². The lowest BCUT2D eigenvalue weighted by Crippen LogP contribution is -2.56. The van der Waals surface area contributed by atoms with Crippen LogP contribution in [0.25, 0.3) is 0 Å². The molecule has 7 nitrogen and oxygen atoms in total. The van der Waals surface area contributed by atoms with Crippen LogP contribution < -0.4 is 5.32 Å². The number of nitrogens with zero attached hydrogens (tertiary/aromatic N) is 3. The van der Waals surface area contributed by atoms with Crippen LogP contribution in [0.1, 0.15) is 52.0 Å². The summed E-state index contributed by atoms with van der Waals surface area (Å²) in [4.78, 5) is 44.7. The van der Waals surface area contributed by atoms with Gasteiger partial charge in [-0.15, -0.1) is 0 Å². The largest absolute Gasteiger partial charge is 0.340 e. The van der Waals surface area contributed by atoms with Crippen molar-refractivity contribution in [1.29, 1.82) is 0 Å². The zero-order valence-corrected chi connectivity index (χ0v) is 18.9. The van der Waals surface area contributed by atoms with Crippen LogP contribution in [0.5, 0.6) is 0 Å². The minimum atomic E-state index is -0.791. The Bertz CT molecular complexity index is 840. The molecular weight excluding hydrogens is 392 g/mol. The van der Waals surface area contributed by atoms with E-state index in [4.69, 9.17) is 0 Å². The highest BCUT2D eigenvalue weighted by molar-refractivity contribution is 6.07. The van der Waals surface area contributed by atoms with Gasteiger partial charge in [-0.2, -0.15) is 0 Å². The van der Waals surface area contributed by atoms with E-state index in [1.807, 2.05) is 43.9 Å². The number of benzene rings is 1. The second kappa shape index (κ2) is 8.26. The van der Waals surface area contributed by atoms with Gasteiger partial charge in [-0.05, 0) is 31.2 Å². The Kier molecular flexibility index (Phi) is 5.81. The molecule has 3 aliphatic rings. The molecule has 1 N–H and O–H groups in total. The molecule has 0 bridgehead atoms. The molecular formula is C24H34N4O3. The van der Waals surface area contributed by atoms with Crippen LogP contribution in [0.3, 0.4) is 0 Å². The summed E-state index contributed by atoms with van der Waals surface area (Å²) >= 11 is 0. The average molecular weight is 427 g/mol. The van der Waals surface area contributed by atoms with E-state index < -0.39 is 11.0 Å². The number of amides is 4. The lowest BCUT2D eigenvalue weighted by Gasteiger charge is -2.40. The molecule has 0 unspecified atom stereocenters. The Morgan fingerprint density at radius 2 is 1.77 bits per heavy atom. The summed E-state index contributed by atoms with van der Waals surface area (Å²) in [6.45, 7) is 9.25. The number of likely N-dealkylation sites (tertiary alicyclic amines) is 2. The van der Waals surface area contributed by atoms with Crippen molar-refractivity contribution in [1.82, 2.24) is 20.0 Å². The first-order valence-corrected chi connectivity index (χ1v) is 11.4. The van der Waals surface area contributed by atoms with Crippen LogP contribution >= 0.6 is 0 Å². The quantitative estimate of drug-likeness (QED) is 0.754. The molecule has 3 heterocycles. The minimum absolute atomic E-state index is 0.0770. The Morgan fingerprint density at radius 1 is 1.10 bits per heavy atom. The monoisotopic (exact) mass is 426 g/mol. The number of piperidine rings is 2. The summed E-state index contributed by atoms with van der Waals surface area (Å²) in [6.07, 6.45) is 2.81. The van der Waals surface area contributed by atoms with Gasteiger partial charge in [0.1, 0.15) is 5.54 Å². The fourth-order valence-electron chi connectivity index (χ4n) is 5.07. The van der Waals surface area contributed by atoms with Crippen LogP contribution in [0.2, 0.25) is 0 Å². The Balaban J connectivity index is 1.40. The molecule has 1 aromatic rings. The highest BCUT2D eigenvalue weighted by Gasteiger charge is 2.54. The second-order valence-corrected chi connectivity index (χ2v) is 10.2. The highest BCUT2D eigenvalue weighted by atomic mass is 16.2. The van der Waals surface area contributed by atoms with Gasteiger partial charge in [-0.1, -0.05) is 51.1 Å². The third-order valence-corrected chi connectivity index (χ3v) is 6.84. The lowest BCUT2D eigenvalue weighted by molar-refractivity contribution is -0.144. The van der Waals surface area contributed by atoms with Gasteiger partial charge in [0.05, 0.1) is 6.04 Å². The number of hydrogen-bond donors (Lipinski definition) is 1. The molecule has 1 aromatic carbocycles. The summed E-state index contributed by atoms with van der Waals surface area (Å²) in [5.41, 5.74) is -0.000280. The van der Waals surface area contributed by atoms with Crippen LogP contribution in [0.4, 0.5) is 4.79 Å². The minimum Gasteiger partial charge on any atom is -0.340 e. The van der Waals surface area contributed by atoms with E-state index in [0.29, 0.717) is 25.9 Å².